The Hall–Kier alpha value is -1.47. The molecule has 19 heavy (non-hydrogen) atoms. The summed E-state index contributed by atoms with van der Waals surface area (Å²) in [5, 5.41) is 6.86. The summed E-state index contributed by atoms with van der Waals surface area (Å²) in [6.45, 7) is 1.11. The topological polar surface area (TPSA) is 38.1 Å². The first kappa shape index (κ1) is 14.0. The second kappa shape index (κ2) is 6.12. The number of aromatic nitrogens is 1. The molecule has 0 saturated heterocycles. The van der Waals surface area contributed by atoms with Crippen LogP contribution in [0.25, 0.3) is 0 Å². The van der Waals surface area contributed by atoms with Crippen LogP contribution in [-0.2, 0) is 13.1 Å². The zero-order valence-corrected chi connectivity index (χ0v) is 10.6. The van der Waals surface area contributed by atoms with Gasteiger partial charge in [-0.1, -0.05) is 17.3 Å². The number of nitrogens with zero attached hydrogens (tertiary/aromatic N) is 1. The maximum atomic E-state index is 12.1. The van der Waals surface area contributed by atoms with Crippen LogP contribution in [0.1, 0.15) is 11.3 Å². The van der Waals surface area contributed by atoms with E-state index in [1.165, 1.54) is 18.4 Å². The minimum atomic E-state index is -4.24. The number of hydrogen-bond acceptors (Lipinski definition) is 4. The Morgan fingerprint density at radius 3 is 2.42 bits per heavy atom. The number of nitrogens with one attached hydrogen (secondary N) is 1. The lowest BCUT2D eigenvalue weighted by Gasteiger charge is -2.07. The Labute approximate surface area is 112 Å². The maximum absolute atomic E-state index is 12.1. The van der Waals surface area contributed by atoms with Gasteiger partial charge in [-0.2, -0.15) is 13.2 Å². The summed E-state index contributed by atoms with van der Waals surface area (Å²) in [5.74, 6) is 0. The lowest BCUT2D eigenvalue weighted by molar-refractivity contribution is -0.0328. The highest BCUT2D eigenvalue weighted by Crippen LogP contribution is 2.36. The number of rotatable bonds is 5. The molecule has 0 bridgehead atoms. The third-order valence-corrected chi connectivity index (χ3v) is 3.02. The monoisotopic (exact) mass is 288 g/mol. The fourth-order valence-electron chi connectivity index (χ4n) is 1.47. The number of thioether (sulfide) groups is 1. The number of halogens is 3. The van der Waals surface area contributed by atoms with Gasteiger partial charge in [0.15, 0.2) is 0 Å². The summed E-state index contributed by atoms with van der Waals surface area (Å²) in [7, 11) is 0. The molecular formula is C12H11F3N2OS. The minimum Gasteiger partial charge on any atom is -0.364 e. The van der Waals surface area contributed by atoms with Crippen molar-refractivity contribution in [2.24, 2.45) is 0 Å². The van der Waals surface area contributed by atoms with Gasteiger partial charge in [0, 0.05) is 24.1 Å². The fraction of sp³-hybridized carbons (Fsp3) is 0.250. The maximum Gasteiger partial charge on any atom is 0.446 e. The third-order valence-electron chi connectivity index (χ3n) is 2.28. The molecule has 102 valence electrons. The van der Waals surface area contributed by atoms with Crippen LogP contribution >= 0.6 is 11.8 Å². The van der Waals surface area contributed by atoms with Gasteiger partial charge in [-0.05, 0) is 29.5 Å². The van der Waals surface area contributed by atoms with Crippen molar-refractivity contribution < 1.29 is 17.7 Å². The van der Waals surface area contributed by atoms with E-state index in [1.807, 2.05) is 0 Å². The van der Waals surface area contributed by atoms with Crippen molar-refractivity contribution in [3.8, 4) is 0 Å². The molecule has 1 aromatic heterocycles. The van der Waals surface area contributed by atoms with E-state index < -0.39 is 5.51 Å². The molecule has 1 heterocycles. The lowest BCUT2D eigenvalue weighted by Crippen LogP contribution is -2.12. The molecule has 0 saturated carbocycles. The van der Waals surface area contributed by atoms with E-state index in [4.69, 9.17) is 0 Å². The summed E-state index contributed by atoms with van der Waals surface area (Å²) in [6.07, 6.45) is 1.49. The fourth-order valence-corrected chi connectivity index (χ4v) is 2.01. The van der Waals surface area contributed by atoms with Crippen molar-refractivity contribution in [2.75, 3.05) is 0 Å². The van der Waals surface area contributed by atoms with Crippen molar-refractivity contribution in [2.45, 2.75) is 23.5 Å². The van der Waals surface area contributed by atoms with Crippen molar-refractivity contribution in [3.63, 3.8) is 0 Å². The van der Waals surface area contributed by atoms with Gasteiger partial charge < -0.3 is 9.84 Å². The van der Waals surface area contributed by atoms with E-state index in [1.54, 1.807) is 18.2 Å². The Balaban J connectivity index is 1.81. The van der Waals surface area contributed by atoms with Crippen LogP contribution in [0.3, 0.4) is 0 Å². The quantitative estimate of drug-likeness (QED) is 0.853. The number of alkyl halides is 3. The van der Waals surface area contributed by atoms with Crippen molar-refractivity contribution in [1.29, 1.82) is 0 Å². The largest absolute Gasteiger partial charge is 0.446 e. The Morgan fingerprint density at radius 2 is 1.84 bits per heavy atom. The van der Waals surface area contributed by atoms with Crippen LogP contribution in [0, 0.1) is 0 Å². The third kappa shape index (κ3) is 4.96. The minimum absolute atomic E-state index is 0.111. The molecule has 0 aliphatic heterocycles. The first-order valence-electron chi connectivity index (χ1n) is 5.47. The normalized spacial score (nSPS) is 11.7. The molecule has 0 aliphatic rings. The molecule has 0 spiro atoms. The van der Waals surface area contributed by atoms with Gasteiger partial charge in [-0.3, -0.25) is 0 Å². The van der Waals surface area contributed by atoms with Crippen molar-refractivity contribution in [1.82, 2.24) is 10.5 Å². The van der Waals surface area contributed by atoms with E-state index in [0.29, 0.717) is 13.1 Å². The summed E-state index contributed by atoms with van der Waals surface area (Å²) in [4.78, 5) is 0.188. The smallest absolute Gasteiger partial charge is 0.364 e. The highest BCUT2D eigenvalue weighted by molar-refractivity contribution is 8.00. The highest BCUT2D eigenvalue weighted by Gasteiger charge is 2.28. The van der Waals surface area contributed by atoms with Crippen LogP contribution in [0.2, 0.25) is 0 Å². The predicted octanol–water partition coefficient (Wildman–Crippen LogP) is 3.58. The Kier molecular flexibility index (Phi) is 4.49. The van der Waals surface area contributed by atoms with Crippen LogP contribution in [0.15, 0.2) is 46.0 Å². The average molecular weight is 288 g/mol. The van der Waals surface area contributed by atoms with Crippen LogP contribution in [0.4, 0.5) is 13.2 Å². The van der Waals surface area contributed by atoms with Gasteiger partial charge in [0.25, 0.3) is 0 Å². The summed E-state index contributed by atoms with van der Waals surface area (Å²) >= 11 is -0.111. The molecular weight excluding hydrogens is 277 g/mol. The van der Waals surface area contributed by atoms with Gasteiger partial charge in [0.1, 0.15) is 6.26 Å². The molecule has 1 aromatic carbocycles. The first-order chi connectivity index (χ1) is 9.03. The van der Waals surface area contributed by atoms with Crippen LogP contribution in [0.5, 0.6) is 0 Å². The second-order valence-corrected chi connectivity index (χ2v) is 4.92. The van der Waals surface area contributed by atoms with Crippen molar-refractivity contribution in [3.05, 3.63) is 47.9 Å². The average Bonchev–Trinajstić information content (AvgIpc) is 2.82. The number of benzene rings is 1. The van der Waals surface area contributed by atoms with Gasteiger partial charge >= 0.3 is 5.51 Å². The molecule has 1 N–H and O–H groups in total. The van der Waals surface area contributed by atoms with Gasteiger partial charge in [-0.25, -0.2) is 0 Å². The van der Waals surface area contributed by atoms with E-state index in [-0.39, 0.29) is 16.7 Å². The SMILES string of the molecule is FC(F)(F)Sc1ccc(CNCc2ccon2)cc1. The summed E-state index contributed by atoms with van der Waals surface area (Å²) in [5.41, 5.74) is -2.55. The van der Waals surface area contributed by atoms with E-state index in [0.717, 1.165) is 11.3 Å². The molecule has 0 aliphatic carbocycles. The Bertz CT molecular complexity index is 497. The molecule has 3 nitrogen and oxygen atoms in total. The zero-order valence-electron chi connectivity index (χ0n) is 9.78. The lowest BCUT2D eigenvalue weighted by atomic mass is 10.2. The van der Waals surface area contributed by atoms with E-state index >= 15 is 0 Å². The molecule has 0 radical (unpaired) electrons. The second-order valence-electron chi connectivity index (χ2n) is 3.79. The molecule has 0 fully saturated rings. The first-order valence-corrected chi connectivity index (χ1v) is 6.29. The molecule has 0 atom stereocenters. The predicted molar refractivity (Wildman–Crippen MR) is 65.4 cm³/mol. The van der Waals surface area contributed by atoms with E-state index in [2.05, 4.69) is 15.0 Å². The van der Waals surface area contributed by atoms with Crippen LogP contribution in [-0.4, -0.2) is 10.7 Å². The standard InChI is InChI=1S/C12H11F3N2OS/c13-12(14,15)19-11-3-1-9(2-4-11)7-16-8-10-5-6-18-17-10/h1-6,16H,7-8H2. The summed E-state index contributed by atoms with van der Waals surface area (Å²) in [6, 6.07) is 8.01. The van der Waals surface area contributed by atoms with Gasteiger partial charge in [0.05, 0.1) is 5.69 Å². The van der Waals surface area contributed by atoms with E-state index in [9.17, 15) is 13.2 Å². The number of hydrogen-bond donors (Lipinski definition) is 1. The molecule has 2 aromatic rings. The van der Waals surface area contributed by atoms with Gasteiger partial charge in [-0.15, -0.1) is 0 Å². The molecule has 0 unspecified atom stereocenters. The summed E-state index contributed by atoms with van der Waals surface area (Å²) < 4.78 is 41.1. The molecule has 7 heteroatoms. The molecule has 0 amide bonds. The van der Waals surface area contributed by atoms with Crippen LogP contribution < -0.4 is 5.32 Å². The zero-order chi connectivity index (χ0) is 13.7. The van der Waals surface area contributed by atoms with Gasteiger partial charge in [0.2, 0.25) is 0 Å². The van der Waals surface area contributed by atoms with Crippen molar-refractivity contribution >= 4 is 11.8 Å². The molecule has 2 rings (SSSR count). The highest BCUT2D eigenvalue weighted by atomic mass is 32.2. The Morgan fingerprint density at radius 1 is 1.11 bits per heavy atom.